The highest BCUT2D eigenvalue weighted by atomic mass is 15.1. The van der Waals surface area contributed by atoms with E-state index in [0.717, 1.165) is 25.5 Å². The quantitative estimate of drug-likeness (QED) is 0.743. The number of pyridine rings is 1. The van der Waals surface area contributed by atoms with Crippen molar-refractivity contribution in [1.29, 1.82) is 0 Å². The van der Waals surface area contributed by atoms with Gasteiger partial charge in [-0.3, -0.25) is 0 Å². The summed E-state index contributed by atoms with van der Waals surface area (Å²) in [5, 5.41) is 3.32. The third-order valence-electron chi connectivity index (χ3n) is 2.39. The molecule has 0 aliphatic carbocycles. The third kappa shape index (κ3) is 4.79. The van der Waals surface area contributed by atoms with Gasteiger partial charge in [0.15, 0.2) is 0 Å². The predicted octanol–water partition coefficient (Wildman–Crippen LogP) is 2.23. The van der Waals surface area contributed by atoms with Crippen molar-refractivity contribution in [3.63, 3.8) is 0 Å². The number of aromatic nitrogens is 1. The van der Waals surface area contributed by atoms with Crippen LogP contribution in [0.1, 0.15) is 20.3 Å². The summed E-state index contributed by atoms with van der Waals surface area (Å²) in [6.45, 7) is 8.77. The minimum Gasteiger partial charge on any atom is -0.369 e. The van der Waals surface area contributed by atoms with Gasteiger partial charge in [0.05, 0.1) is 0 Å². The van der Waals surface area contributed by atoms with Crippen LogP contribution in [-0.2, 0) is 0 Å². The molecule has 0 aliphatic heterocycles. The van der Waals surface area contributed by atoms with Crippen molar-refractivity contribution in [2.75, 3.05) is 31.5 Å². The van der Waals surface area contributed by atoms with Crippen molar-refractivity contribution in [3.8, 4) is 0 Å². The van der Waals surface area contributed by atoms with E-state index in [2.05, 4.69) is 29.0 Å². The monoisotopic (exact) mass is 207 g/mol. The lowest BCUT2D eigenvalue weighted by atomic mass is 10.4. The Hall–Kier alpha value is -1.09. The van der Waals surface area contributed by atoms with E-state index < -0.39 is 0 Å². The Labute approximate surface area is 92.5 Å². The van der Waals surface area contributed by atoms with Crippen molar-refractivity contribution in [2.45, 2.75) is 20.3 Å². The average molecular weight is 207 g/mol. The fourth-order valence-electron chi connectivity index (χ4n) is 1.55. The summed E-state index contributed by atoms with van der Waals surface area (Å²) in [6.07, 6.45) is 3.03. The first kappa shape index (κ1) is 12.0. The molecule has 0 aliphatic rings. The van der Waals surface area contributed by atoms with Crippen LogP contribution in [0.15, 0.2) is 24.4 Å². The van der Waals surface area contributed by atoms with Crippen LogP contribution in [0.25, 0.3) is 0 Å². The molecule has 1 aromatic rings. The number of anilines is 1. The molecule has 0 bridgehead atoms. The minimum absolute atomic E-state index is 0.963. The highest BCUT2D eigenvalue weighted by Gasteiger charge is 1.99. The topological polar surface area (TPSA) is 28.2 Å². The number of hydrogen-bond acceptors (Lipinski definition) is 3. The van der Waals surface area contributed by atoms with Gasteiger partial charge in [-0.15, -0.1) is 0 Å². The molecule has 0 saturated heterocycles. The largest absolute Gasteiger partial charge is 0.369 e. The van der Waals surface area contributed by atoms with Crippen LogP contribution in [0.4, 0.5) is 5.82 Å². The first-order valence-corrected chi connectivity index (χ1v) is 5.74. The van der Waals surface area contributed by atoms with Gasteiger partial charge in [0.2, 0.25) is 0 Å². The second-order valence-corrected chi connectivity index (χ2v) is 3.58. The molecule has 0 saturated carbocycles. The lowest BCUT2D eigenvalue weighted by molar-refractivity contribution is 0.300. The molecule has 84 valence electrons. The third-order valence-corrected chi connectivity index (χ3v) is 2.39. The molecule has 0 aromatic carbocycles. The smallest absolute Gasteiger partial charge is 0.125 e. The zero-order chi connectivity index (χ0) is 10.9. The molecule has 0 unspecified atom stereocenters. The van der Waals surface area contributed by atoms with Crippen LogP contribution in [0.5, 0.6) is 0 Å². The van der Waals surface area contributed by atoms with Gasteiger partial charge < -0.3 is 10.2 Å². The Bertz CT molecular complexity index is 248. The number of nitrogens with one attached hydrogen (secondary N) is 1. The van der Waals surface area contributed by atoms with Gasteiger partial charge in [-0.2, -0.15) is 0 Å². The Balaban J connectivity index is 2.20. The van der Waals surface area contributed by atoms with E-state index in [9.17, 15) is 0 Å². The van der Waals surface area contributed by atoms with E-state index in [-0.39, 0.29) is 0 Å². The standard InChI is InChI=1S/C12H21N3/c1-3-10-15(4-2)11-9-14-12-7-5-6-8-13-12/h5-8H,3-4,9-11H2,1-2H3,(H,13,14). The second kappa shape index (κ2) is 7.23. The lowest BCUT2D eigenvalue weighted by Gasteiger charge is -2.19. The maximum absolute atomic E-state index is 4.22. The maximum Gasteiger partial charge on any atom is 0.125 e. The lowest BCUT2D eigenvalue weighted by Crippen LogP contribution is -2.29. The van der Waals surface area contributed by atoms with E-state index in [4.69, 9.17) is 0 Å². The molecule has 0 atom stereocenters. The average Bonchev–Trinajstić information content (AvgIpc) is 2.29. The van der Waals surface area contributed by atoms with Gasteiger partial charge in [0, 0.05) is 19.3 Å². The number of likely N-dealkylation sites (N-methyl/N-ethyl adjacent to an activating group) is 1. The van der Waals surface area contributed by atoms with Crippen LogP contribution in [0, 0.1) is 0 Å². The summed E-state index contributed by atoms with van der Waals surface area (Å²) in [6, 6.07) is 5.93. The van der Waals surface area contributed by atoms with Gasteiger partial charge in [-0.1, -0.05) is 19.9 Å². The van der Waals surface area contributed by atoms with Crippen LogP contribution in [0.3, 0.4) is 0 Å². The molecule has 1 aromatic heterocycles. The number of rotatable bonds is 7. The summed E-state index contributed by atoms with van der Waals surface area (Å²) in [5.74, 6) is 0.963. The highest BCUT2D eigenvalue weighted by molar-refractivity contribution is 5.32. The fraction of sp³-hybridized carbons (Fsp3) is 0.583. The molecule has 0 fully saturated rings. The molecule has 1 rings (SSSR count). The molecule has 0 radical (unpaired) electrons. The van der Waals surface area contributed by atoms with Crippen molar-refractivity contribution < 1.29 is 0 Å². The van der Waals surface area contributed by atoms with E-state index in [1.165, 1.54) is 13.0 Å². The van der Waals surface area contributed by atoms with Crippen LogP contribution < -0.4 is 5.32 Å². The van der Waals surface area contributed by atoms with Crippen LogP contribution in [-0.4, -0.2) is 36.1 Å². The van der Waals surface area contributed by atoms with Crippen molar-refractivity contribution >= 4 is 5.82 Å². The zero-order valence-electron chi connectivity index (χ0n) is 9.74. The zero-order valence-corrected chi connectivity index (χ0v) is 9.74. The van der Waals surface area contributed by atoms with Crippen LogP contribution >= 0.6 is 0 Å². The Morgan fingerprint density at radius 1 is 1.27 bits per heavy atom. The summed E-state index contributed by atoms with van der Waals surface area (Å²) in [5.41, 5.74) is 0. The first-order valence-electron chi connectivity index (χ1n) is 5.74. The molecule has 3 heteroatoms. The normalized spacial score (nSPS) is 10.6. The van der Waals surface area contributed by atoms with Gasteiger partial charge in [-0.05, 0) is 31.6 Å². The Morgan fingerprint density at radius 2 is 2.13 bits per heavy atom. The fourth-order valence-corrected chi connectivity index (χ4v) is 1.55. The molecular weight excluding hydrogens is 186 g/mol. The van der Waals surface area contributed by atoms with Crippen molar-refractivity contribution in [2.24, 2.45) is 0 Å². The molecular formula is C12H21N3. The van der Waals surface area contributed by atoms with E-state index in [1.807, 2.05) is 24.4 Å². The van der Waals surface area contributed by atoms with E-state index >= 15 is 0 Å². The Kier molecular flexibility index (Phi) is 5.78. The van der Waals surface area contributed by atoms with Gasteiger partial charge in [-0.25, -0.2) is 4.98 Å². The van der Waals surface area contributed by atoms with Gasteiger partial charge >= 0.3 is 0 Å². The minimum atomic E-state index is 0.963. The Morgan fingerprint density at radius 3 is 2.73 bits per heavy atom. The molecule has 3 nitrogen and oxygen atoms in total. The van der Waals surface area contributed by atoms with Crippen LogP contribution in [0.2, 0.25) is 0 Å². The van der Waals surface area contributed by atoms with Crippen molar-refractivity contribution in [3.05, 3.63) is 24.4 Å². The SMILES string of the molecule is CCCN(CC)CCNc1ccccn1. The summed E-state index contributed by atoms with van der Waals surface area (Å²) in [4.78, 5) is 6.66. The number of nitrogens with zero attached hydrogens (tertiary/aromatic N) is 2. The number of hydrogen-bond donors (Lipinski definition) is 1. The maximum atomic E-state index is 4.22. The summed E-state index contributed by atoms with van der Waals surface area (Å²) < 4.78 is 0. The predicted molar refractivity (Wildman–Crippen MR) is 65.1 cm³/mol. The van der Waals surface area contributed by atoms with E-state index in [1.54, 1.807) is 0 Å². The molecule has 0 amide bonds. The summed E-state index contributed by atoms with van der Waals surface area (Å²) >= 11 is 0. The molecule has 15 heavy (non-hydrogen) atoms. The summed E-state index contributed by atoms with van der Waals surface area (Å²) in [7, 11) is 0. The second-order valence-electron chi connectivity index (χ2n) is 3.58. The van der Waals surface area contributed by atoms with Crippen molar-refractivity contribution in [1.82, 2.24) is 9.88 Å². The highest BCUT2D eigenvalue weighted by Crippen LogP contribution is 1.99. The first-order chi connectivity index (χ1) is 7.36. The van der Waals surface area contributed by atoms with Gasteiger partial charge in [0.1, 0.15) is 5.82 Å². The molecule has 1 N–H and O–H groups in total. The van der Waals surface area contributed by atoms with Gasteiger partial charge in [0.25, 0.3) is 0 Å². The van der Waals surface area contributed by atoms with E-state index in [0.29, 0.717) is 0 Å². The molecule has 1 heterocycles. The molecule has 0 spiro atoms.